The first-order valence-corrected chi connectivity index (χ1v) is 6.06. The summed E-state index contributed by atoms with van der Waals surface area (Å²) in [5.74, 6) is 0. The fraction of sp³-hybridized carbons (Fsp3) is 0.583. The van der Waals surface area contributed by atoms with Crippen LogP contribution in [0.25, 0.3) is 0 Å². The van der Waals surface area contributed by atoms with Gasteiger partial charge in [-0.1, -0.05) is 0 Å². The Morgan fingerprint density at radius 3 is 2.94 bits per heavy atom. The number of aromatic nitrogens is 1. The van der Waals surface area contributed by atoms with Crippen molar-refractivity contribution in [2.45, 2.75) is 31.5 Å². The summed E-state index contributed by atoms with van der Waals surface area (Å²) in [6.45, 7) is 1.71. The average Bonchev–Trinajstić information content (AvgIpc) is 2.81. The lowest BCUT2D eigenvalue weighted by atomic mass is 10.1. The third-order valence-electron chi connectivity index (χ3n) is 3.03. The summed E-state index contributed by atoms with van der Waals surface area (Å²) < 4.78 is 37.3. The summed E-state index contributed by atoms with van der Waals surface area (Å²) in [6, 6.07) is 3.08. The molecule has 1 aliphatic rings. The van der Waals surface area contributed by atoms with Gasteiger partial charge < -0.3 is 10.6 Å². The number of nitrogens with zero attached hydrogens (tertiary/aromatic N) is 1. The van der Waals surface area contributed by atoms with Crippen LogP contribution in [-0.4, -0.2) is 24.1 Å². The number of nitrogens with one attached hydrogen (secondary N) is 2. The first-order valence-electron chi connectivity index (χ1n) is 6.06. The van der Waals surface area contributed by atoms with Crippen LogP contribution in [0, 0.1) is 0 Å². The summed E-state index contributed by atoms with van der Waals surface area (Å²) in [5, 5.41) is 6.35. The van der Waals surface area contributed by atoms with Gasteiger partial charge in [-0.2, -0.15) is 13.2 Å². The summed E-state index contributed by atoms with van der Waals surface area (Å²) >= 11 is 0. The van der Waals surface area contributed by atoms with Crippen molar-refractivity contribution in [1.29, 1.82) is 0 Å². The van der Waals surface area contributed by atoms with Gasteiger partial charge in [0.1, 0.15) is 5.69 Å². The molecule has 1 atom stereocenters. The van der Waals surface area contributed by atoms with Gasteiger partial charge in [-0.3, -0.25) is 4.98 Å². The Hall–Kier alpha value is -1.30. The van der Waals surface area contributed by atoms with Crippen LogP contribution in [0.1, 0.15) is 25.0 Å². The molecule has 1 aliphatic heterocycles. The van der Waals surface area contributed by atoms with E-state index in [1.807, 2.05) is 0 Å². The van der Waals surface area contributed by atoms with Crippen LogP contribution in [0.2, 0.25) is 0 Å². The van der Waals surface area contributed by atoms with Gasteiger partial charge in [0, 0.05) is 24.5 Å². The van der Waals surface area contributed by atoms with E-state index < -0.39 is 11.9 Å². The molecule has 2 N–H and O–H groups in total. The fourth-order valence-electron chi connectivity index (χ4n) is 2.09. The summed E-state index contributed by atoms with van der Waals surface area (Å²) in [5.41, 5.74) is -0.387. The lowest BCUT2D eigenvalue weighted by Gasteiger charge is -2.12. The molecule has 1 aromatic heterocycles. The number of rotatable bonds is 4. The van der Waals surface area contributed by atoms with Crippen molar-refractivity contribution in [2.75, 3.05) is 18.4 Å². The van der Waals surface area contributed by atoms with Crippen molar-refractivity contribution in [3.63, 3.8) is 0 Å². The van der Waals surface area contributed by atoms with Gasteiger partial charge in [-0.25, -0.2) is 0 Å². The van der Waals surface area contributed by atoms with Crippen LogP contribution in [0.3, 0.4) is 0 Å². The maximum absolute atomic E-state index is 12.4. The van der Waals surface area contributed by atoms with Crippen LogP contribution < -0.4 is 10.6 Å². The quantitative estimate of drug-likeness (QED) is 0.872. The molecule has 0 amide bonds. The molecule has 0 saturated carbocycles. The highest BCUT2D eigenvalue weighted by atomic mass is 19.4. The van der Waals surface area contributed by atoms with Crippen molar-refractivity contribution in [3.8, 4) is 0 Å². The van der Waals surface area contributed by atoms with Gasteiger partial charge >= 0.3 is 6.18 Å². The molecule has 0 spiro atoms. The summed E-state index contributed by atoms with van der Waals surface area (Å²) in [7, 11) is 0. The highest BCUT2D eigenvalue weighted by Gasteiger charge is 2.32. The van der Waals surface area contributed by atoms with Crippen molar-refractivity contribution >= 4 is 5.69 Å². The Morgan fingerprint density at radius 1 is 1.44 bits per heavy atom. The Morgan fingerprint density at radius 2 is 2.28 bits per heavy atom. The summed E-state index contributed by atoms with van der Waals surface area (Å²) in [6.07, 6.45) is 0.0390. The van der Waals surface area contributed by atoms with Gasteiger partial charge in [0.05, 0.1) is 0 Å². The van der Waals surface area contributed by atoms with Crippen LogP contribution >= 0.6 is 0 Å². The standard InChI is InChI=1S/C12H16F3N3/c13-12(14,15)11-8-10(4-7-18-11)17-6-3-9-2-1-5-16-9/h4,7-9,16H,1-3,5-6H2,(H,17,18)/t9-/m1/s1. The zero-order valence-corrected chi connectivity index (χ0v) is 9.93. The van der Waals surface area contributed by atoms with Crippen molar-refractivity contribution in [3.05, 3.63) is 24.0 Å². The van der Waals surface area contributed by atoms with Crippen molar-refractivity contribution in [1.82, 2.24) is 10.3 Å². The van der Waals surface area contributed by atoms with Crippen LogP contribution in [0.4, 0.5) is 18.9 Å². The van der Waals surface area contributed by atoms with Crippen molar-refractivity contribution < 1.29 is 13.2 Å². The Labute approximate surface area is 104 Å². The SMILES string of the molecule is FC(F)(F)c1cc(NCC[C@H]2CCCN2)ccn1. The molecule has 100 valence electrons. The molecule has 0 unspecified atom stereocenters. The summed E-state index contributed by atoms with van der Waals surface area (Å²) in [4.78, 5) is 3.32. The monoisotopic (exact) mass is 259 g/mol. The van der Waals surface area contributed by atoms with E-state index in [1.54, 1.807) is 6.07 Å². The molecule has 0 aromatic carbocycles. The zero-order valence-electron chi connectivity index (χ0n) is 9.93. The van der Waals surface area contributed by atoms with Crippen LogP contribution in [0.5, 0.6) is 0 Å². The molecule has 18 heavy (non-hydrogen) atoms. The predicted molar refractivity (Wildman–Crippen MR) is 63.4 cm³/mol. The second-order valence-corrected chi connectivity index (χ2v) is 4.44. The van der Waals surface area contributed by atoms with Gasteiger partial charge in [0.15, 0.2) is 0 Å². The highest BCUT2D eigenvalue weighted by Crippen LogP contribution is 2.28. The van der Waals surface area contributed by atoms with E-state index in [9.17, 15) is 13.2 Å². The first-order chi connectivity index (χ1) is 8.55. The van der Waals surface area contributed by atoms with Gasteiger partial charge in [0.25, 0.3) is 0 Å². The molecular weight excluding hydrogens is 243 g/mol. The third-order valence-corrected chi connectivity index (χ3v) is 3.03. The average molecular weight is 259 g/mol. The molecule has 0 radical (unpaired) electrons. The first kappa shape index (κ1) is 13.1. The molecule has 2 rings (SSSR count). The van der Waals surface area contributed by atoms with Crippen LogP contribution in [0.15, 0.2) is 18.3 Å². The number of anilines is 1. The second-order valence-electron chi connectivity index (χ2n) is 4.44. The topological polar surface area (TPSA) is 37.0 Å². The Balaban J connectivity index is 1.85. The normalized spacial score (nSPS) is 20.1. The van der Waals surface area contributed by atoms with E-state index in [0.717, 1.165) is 25.5 Å². The number of alkyl halides is 3. The molecule has 6 heteroatoms. The predicted octanol–water partition coefficient (Wildman–Crippen LogP) is 2.65. The molecule has 0 aliphatic carbocycles. The lowest BCUT2D eigenvalue weighted by molar-refractivity contribution is -0.141. The molecule has 1 saturated heterocycles. The minimum atomic E-state index is -4.38. The molecule has 3 nitrogen and oxygen atoms in total. The van der Waals surface area contributed by atoms with Gasteiger partial charge in [0.2, 0.25) is 0 Å². The van der Waals surface area contributed by atoms with E-state index >= 15 is 0 Å². The number of pyridine rings is 1. The van der Waals surface area contributed by atoms with E-state index in [1.165, 1.54) is 12.6 Å². The fourth-order valence-corrected chi connectivity index (χ4v) is 2.09. The molecule has 0 bridgehead atoms. The van der Waals surface area contributed by atoms with E-state index in [0.29, 0.717) is 18.3 Å². The highest BCUT2D eigenvalue weighted by molar-refractivity contribution is 5.43. The Bertz CT molecular complexity index is 386. The molecule has 1 aromatic rings. The molecule has 1 fully saturated rings. The minimum absolute atomic E-state index is 0.468. The zero-order chi connectivity index (χ0) is 13.0. The molecular formula is C12H16F3N3. The Kier molecular flexibility index (Phi) is 4.06. The number of halogens is 3. The second kappa shape index (κ2) is 5.56. The van der Waals surface area contributed by atoms with E-state index in [-0.39, 0.29) is 0 Å². The van der Waals surface area contributed by atoms with E-state index in [2.05, 4.69) is 15.6 Å². The molecule has 2 heterocycles. The maximum Gasteiger partial charge on any atom is 0.433 e. The van der Waals surface area contributed by atoms with Gasteiger partial charge in [-0.15, -0.1) is 0 Å². The smallest absolute Gasteiger partial charge is 0.385 e. The lowest BCUT2D eigenvalue weighted by Crippen LogP contribution is -2.24. The third kappa shape index (κ3) is 3.60. The van der Waals surface area contributed by atoms with Crippen molar-refractivity contribution in [2.24, 2.45) is 0 Å². The van der Waals surface area contributed by atoms with E-state index in [4.69, 9.17) is 0 Å². The number of hydrogen-bond acceptors (Lipinski definition) is 3. The van der Waals surface area contributed by atoms with Gasteiger partial charge in [-0.05, 0) is 37.9 Å². The number of hydrogen-bond donors (Lipinski definition) is 2. The van der Waals surface area contributed by atoms with Crippen LogP contribution in [-0.2, 0) is 6.18 Å². The largest absolute Gasteiger partial charge is 0.433 e. The minimum Gasteiger partial charge on any atom is -0.385 e. The maximum atomic E-state index is 12.4.